The van der Waals surface area contributed by atoms with Crippen molar-refractivity contribution < 1.29 is 5.11 Å². The van der Waals surface area contributed by atoms with Crippen molar-refractivity contribution >= 4 is 0 Å². The summed E-state index contributed by atoms with van der Waals surface area (Å²) >= 11 is 0. The number of aromatic nitrogens is 2. The minimum atomic E-state index is -0.463. The molecular weight excluding hydrogens is 250 g/mol. The number of rotatable bonds is 5. The fourth-order valence-electron chi connectivity index (χ4n) is 2.53. The van der Waals surface area contributed by atoms with E-state index in [2.05, 4.69) is 42.0 Å². The second-order valence-corrected chi connectivity index (χ2v) is 5.66. The molecule has 20 heavy (non-hydrogen) atoms. The number of hydrogen-bond acceptors (Lipinski definition) is 3. The molecule has 1 unspecified atom stereocenters. The molecule has 1 atom stereocenters. The standard InChI is InChI=1S/C16H23N3O/c1-12-5-13(2)7-15(6-12)16(20)11-18(3)9-14-8-17-19(4)10-14/h5-8,10,16,20H,9,11H2,1-4H3. The van der Waals surface area contributed by atoms with Crippen molar-refractivity contribution in [2.45, 2.75) is 26.5 Å². The van der Waals surface area contributed by atoms with Crippen molar-refractivity contribution in [1.29, 1.82) is 0 Å². The minimum Gasteiger partial charge on any atom is -0.387 e. The molecule has 2 rings (SSSR count). The number of aliphatic hydroxyl groups excluding tert-OH is 1. The second kappa shape index (κ2) is 6.20. The van der Waals surface area contributed by atoms with E-state index >= 15 is 0 Å². The number of aliphatic hydroxyl groups is 1. The van der Waals surface area contributed by atoms with Crippen LogP contribution < -0.4 is 0 Å². The van der Waals surface area contributed by atoms with Gasteiger partial charge in [-0.1, -0.05) is 29.3 Å². The molecule has 4 nitrogen and oxygen atoms in total. The lowest BCUT2D eigenvalue weighted by Crippen LogP contribution is -2.24. The lowest BCUT2D eigenvalue weighted by molar-refractivity contribution is 0.123. The predicted octanol–water partition coefficient (Wildman–Crippen LogP) is 2.20. The summed E-state index contributed by atoms with van der Waals surface area (Å²) in [6.45, 7) is 5.51. The number of nitrogens with zero attached hydrogens (tertiary/aromatic N) is 3. The number of likely N-dealkylation sites (N-methyl/N-ethyl adjacent to an activating group) is 1. The van der Waals surface area contributed by atoms with Gasteiger partial charge < -0.3 is 5.11 Å². The Hall–Kier alpha value is -1.65. The molecule has 0 fully saturated rings. The van der Waals surface area contributed by atoms with Gasteiger partial charge in [0.2, 0.25) is 0 Å². The van der Waals surface area contributed by atoms with Crippen molar-refractivity contribution in [2.24, 2.45) is 7.05 Å². The van der Waals surface area contributed by atoms with E-state index in [4.69, 9.17) is 0 Å². The van der Waals surface area contributed by atoms with Crippen LogP contribution in [0.4, 0.5) is 0 Å². The van der Waals surface area contributed by atoms with Crippen molar-refractivity contribution in [2.75, 3.05) is 13.6 Å². The van der Waals surface area contributed by atoms with Crippen LogP contribution in [0.3, 0.4) is 0 Å². The van der Waals surface area contributed by atoms with Crippen LogP contribution in [-0.2, 0) is 13.6 Å². The lowest BCUT2D eigenvalue weighted by atomic mass is 10.0. The van der Waals surface area contributed by atoms with Gasteiger partial charge in [0.15, 0.2) is 0 Å². The topological polar surface area (TPSA) is 41.3 Å². The highest BCUT2D eigenvalue weighted by Gasteiger charge is 2.12. The van der Waals surface area contributed by atoms with Crippen molar-refractivity contribution in [3.63, 3.8) is 0 Å². The molecular formula is C16H23N3O. The maximum absolute atomic E-state index is 10.4. The summed E-state index contributed by atoms with van der Waals surface area (Å²) in [5.74, 6) is 0. The first-order valence-corrected chi connectivity index (χ1v) is 6.86. The molecule has 0 aliphatic heterocycles. The summed E-state index contributed by atoms with van der Waals surface area (Å²) in [6.07, 6.45) is 3.40. The van der Waals surface area contributed by atoms with Gasteiger partial charge in [0.25, 0.3) is 0 Å². The molecule has 4 heteroatoms. The van der Waals surface area contributed by atoms with E-state index in [1.54, 1.807) is 4.68 Å². The molecule has 0 radical (unpaired) electrons. The van der Waals surface area contributed by atoms with E-state index in [-0.39, 0.29) is 0 Å². The van der Waals surface area contributed by atoms with Crippen LogP contribution in [0, 0.1) is 13.8 Å². The third-order valence-corrected chi connectivity index (χ3v) is 3.32. The molecule has 1 aromatic carbocycles. The quantitative estimate of drug-likeness (QED) is 0.908. The zero-order valence-corrected chi connectivity index (χ0v) is 12.7. The highest BCUT2D eigenvalue weighted by molar-refractivity contribution is 5.30. The SMILES string of the molecule is Cc1cc(C)cc(C(O)CN(C)Cc2cnn(C)c2)c1. The summed E-state index contributed by atoms with van der Waals surface area (Å²) in [5.41, 5.74) is 4.52. The van der Waals surface area contributed by atoms with Crippen LogP contribution in [0.5, 0.6) is 0 Å². The summed E-state index contributed by atoms with van der Waals surface area (Å²) in [4.78, 5) is 2.11. The third-order valence-electron chi connectivity index (χ3n) is 3.32. The summed E-state index contributed by atoms with van der Waals surface area (Å²) in [6, 6.07) is 6.22. The first-order valence-electron chi connectivity index (χ1n) is 6.86. The van der Waals surface area contributed by atoms with Gasteiger partial charge in [-0.2, -0.15) is 5.10 Å². The highest BCUT2D eigenvalue weighted by atomic mass is 16.3. The molecule has 0 saturated heterocycles. The number of aryl methyl sites for hydroxylation is 3. The van der Waals surface area contributed by atoms with Gasteiger partial charge in [0.1, 0.15) is 0 Å². The van der Waals surface area contributed by atoms with E-state index in [9.17, 15) is 5.11 Å². The zero-order chi connectivity index (χ0) is 14.7. The normalized spacial score (nSPS) is 12.9. The van der Waals surface area contributed by atoms with E-state index in [0.717, 1.165) is 17.7 Å². The Kier molecular flexibility index (Phi) is 4.57. The van der Waals surface area contributed by atoms with Gasteiger partial charge in [0.05, 0.1) is 12.3 Å². The minimum absolute atomic E-state index is 0.463. The van der Waals surface area contributed by atoms with E-state index in [1.807, 2.05) is 26.5 Å². The van der Waals surface area contributed by atoms with Gasteiger partial charge in [-0.15, -0.1) is 0 Å². The Bertz CT molecular complexity index is 557. The third kappa shape index (κ3) is 3.92. The van der Waals surface area contributed by atoms with Crippen LogP contribution in [0.2, 0.25) is 0 Å². The molecule has 1 heterocycles. The van der Waals surface area contributed by atoms with Gasteiger partial charge in [-0.25, -0.2) is 0 Å². The largest absolute Gasteiger partial charge is 0.387 e. The number of benzene rings is 1. The maximum atomic E-state index is 10.4. The fourth-order valence-corrected chi connectivity index (χ4v) is 2.53. The smallest absolute Gasteiger partial charge is 0.0917 e. The summed E-state index contributed by atoms with van der Waals surface area (Å²) < 4.78 is 1.80. The maximum Gasteiger partial charge on any atom is 0.0917 e. The molecule has 0 amide bonds. The Balaban J connectivity index is 1.97. The molecule has 0 aliphatic rings. The second-order valence-electron chi connectivity index (χ2n) is 5.66. The Morgan fingerprint density at radius 3 is 2.45 bits per heavy atom. The van der Waals surface area contributed by atoms with Gasteiger partial charge in [0, 0.05) is 31.9 Å². The van der Waals surface area contributed by atoms with Crippen molar-refractivity contribution in [1.82, 2.24) is 14.7 Å². The Morgan fingerprint density at radius 1 is 1.25 bits per heavy atom. The Morgan fingerprint density at radius 2 is 1.90 bits per heavy atom. The monoisotopic (exact) mass is 273 g/mol. The van der Waals surface area contributed by atoms with Gasteiger partial charge in [-0.3, -0.25) is 9.58 Å². The van der Waals surface area contributed by atoms with Gasteiger partial charge in [-0.05, 0) is 26.5 Å². The zero-order valence-electron chi connectivity index (χ0n) is 12.7. The van der Waals surface area contributed by atoms with E-state index in [0.29, 0.717) is 6.54 Å². The molecule has 1 N–H and O–H groups in total. The van der Waals surface area contributed by atoms with Crippen LogP contribution in [-0.4, -0.2) is 33.4 Å². The lowest BCUT2D eigenvalue weighted by Gasteiger charge is -2.20. The van der Waals surface area contributed by atoms with Crippen molar-refractivity contribution in [3.05, 3.63) is 52.8 Å². The average molecular weight is 273 g/mol. The average Bonchev–Trinajstić information content (AvgIpc) is 2.73. The molecule has 2 aromatic rings. The highest BCUT2D eigenvalue weighted by Crippen LogP contribution is 2.18. The van der Waals surface area contributed by atoms with Crippen LogP contribution in [0.15, 0.2) is 30.6 Å². The van der Waals surface area contributed by atoms with E-state index < -0.39 is 6.10 Å². The molecule has 1 aromatic heterocycles. The number of hydrogen-bond donors (Lipinski definition) is 1. The molecule has 0 saturated carbocycles. The van der Waals surface area contributed by atoms with Crippen LogP contribution in [0.1, 0.15) is 28.4 Å². The van der Waals surface area contributed by atoms with Gasteiger partial charge >= 0.3 is 0 Å². The fraction of sp³-hybridized carbons (Fsp3) is 0.438. The molecule has 0 spiro atoms. The van der Waals surface area contributed by atoms with Crippen molar-refractivity contribution in [3.8, 4) is 0 Å². The summed E-state index contributed by atoms with van der Waals surface area (Å²) in [7, 11) is 3.92. The van der Waals surface area contributed by atoms with E-state index in [1.165, 1.54) is 11.1 Å². The predicted molar refractivity (Wildman–Crippen MR) is 80.4 cm³/mol. The van der Waals surface area contributed by atoms with Crippen LogP contribution >= 0.6 is 0 Å². The first-order chi connectivity index (χ1) is 9.44. The van der Waals surface area contributed by atoms with Crippen LogP contribution in [0.25, 0.3) is 0 Å². The summed E-state index contributed by atoms with van der Waals surface area (Å²) in [5, 5.41) is 14.5. The first kappa shape index (κ1) is 14.8. The molecule has 108 valence electrons. The Labute approximate surface area is 120 Å². The molecule has 0 aliphatic carbocycles. The molecule has 0 bridgehead atoms.